The fourth-order valence-electron chi connectivity index (χ4n) is 1.39. The molecule has 0 atom stereocenters. The van der Waals surface area contributed by atoms with Gasteiger partial charge in [0.1, 0.15) is 11.5 Å². The first-order valence-corrected chi connectivity index (χ1v) is 6.23. The first-order chi connectivity index (χ1) is 8.49. The Labute approximate surface area is 111 Å². The van der Waals surface area contributed by atoms with Crippen molar-refractivity contribution in [2.75, 3.05) is 0 Å². The molecule has 1 rings (SSSR count). The third kappa shape index (κ3) is 5.05. The molecule has 0 saturated heterocycles. The van der Waals surface area contributed by atoms with Gasteiger partial charge in [-0.2, -0.15) is 0 Å². The molecule has 0 aromatic rings. The second-order valence-corrected chi connectivity index (χ2v) is 4.63. The van der Waals surface area contributed by atoms with Crippen LogP contribution in [0.25, 0.3) is 0 Å². The van der Waals surface area contributed by atoms with Crippen LogP contribution in [0, 0.1) is 0 Å². The van der Waals surface area contributed by atoms with Crippen LogP contribution in [0.15, 0.2) is 71.3 Å². The van der Waals surface area contributed by atoms with Crippen molar-refractivity contribution in [3.63, 3.8) is 0 Å². The van der Waals surface area contributed by atoms with Gasteiger partial charge >= 0.3 is 0 Å². The Morgan fingerprint density at radius 2 is 1.89 bits per heavy atom. The SMILES string of the molecule is C=C(C)/C(C)=C\C=C(/C)OC1=CCC=C(C)C=C1. The molecule has 0 N–H and O–H groups in total. The summed E-state index contributed by atoms with van der Waals surface area (Å²) in [4.78, 5) is 0. The standard InChI is InChI=1S/C17H22O/c1-13(2)15(4)10-11-16(5)18-17-8-6-7-14(3)9-12-17/h7-12H,1,6H2,2-5H3/b15-10-,16-11+. The predicted octanol–water partition coefficient (Wildman–Crippen LogP) is 5.22. The Bertz CT molecular complexity index is 468. The highest BCUT2D eigenvalue weighted by atomic mass is 16.5. The highest BCUT2D eigenvalue weighted by Gasteiger charge is 1.98. The quantitative estimate of drug-likeness (QED) is 0.485. The lowest BCUT2D eigenvalue weighted by molar-refractivity contribution is 0.321. The minimum atomic E-state index is 0.881. The zero-order chi connectivity index (χ0) is 13.5. The van der Waals surface area contributed by atoms with E-state index >= 15 is 0 Å². The van der Waals surface area contributed by atoms with Gasteiger partial charge in [-0.3, -0.25) is 0 Å². The predicted molar refractivity (Wildman–Crippen MR) is 79.0 cm³/mol. The van der Waals surface area contributed by atoms with E-state index in [2.05, 4.69) is 31.7 Å². The van der Waals surface area contributed by atoms with Crippen LogP contribution in [-0.4, -0.2) is 0 Å². The van der Waals surface area contributed by atoms with Crippen molar-refractivity contribution >= 4 is 0 Å². The Kier molecular flexibility index (Phi) is 5.44. The molecule has 0 bridgehead atoms. The lowest BCUT2D eigenvalue weighted by Crippen LogP contribution is -1.87. The van der Waals surface area contributed by atoms with Gasteiger partial charge in [-0.1, -0.05) is 36.0 Å². The second-order valence-electron chi connectivity index (χ2n) is 4.63. The Hall–Kier alpha value is -1.76. The fraction of sp³-hybridized carbons (Fsp3) is 0.294. The zero-order valence-corrected chi connectivity index (χ0v) is 11.8. The van der Waals surface area contributed by atoms with Gasteiger partial charge in [-0.15, -0.1) is 0 Å². The summed E-state index contributed by atoms with van der Waals surface area (Å²) in [6, 6.07) is 0. The third-order valence-corrected chi connectivity index (χ3v) is 2.79. The van der Waals surface area contributed by atoms with Gasteiger partial charge in [-0.25, -0.2) is 0 Å². The van der Waals surface area contributed by atoms with E-state index in [1.807, 2.05) is 39.0 Å². The van der Waals surface area contributed by atoms with Gasteiger partial charge in [0.25, 0.3) is 0 Å². The van der Waals surface area contributed by atoms with Gasteiger partial charge < -0.3 is 4.74 Å². The lowest BCUT2D eigenvalue weighted by Gasteiger charge is -2.05. The molecule has 0 saturated carbocycles. The molecule has 0 aromatic heterocycles. The topological polar surface area (TPSA) is 9.23 Å². The van der Waals surface area contributed by atoms with E-state index in [9.17, 15) is 0 Å². The van der Waals surface area contributed by atoms with Gasteiger partial charge in [-0.05, 0) is 57.9 Å². The number of allylic oxidation sites excluding steroid dienone is 10. The summed E-state index contributed by atoms with van der Waals surface area (Å²) in [5.74, 6) is 1.78. The first-order valence-electron chi connectivity index (χ1n) is 6.23. The van der Waals surface area contributed by atoms with E-state index in [1.165, 1.54) is 11.1 Å². The maximum Gasteiger partial charge on any atom is 0.123 e. The molecule has 1 nitrogen and oxygen atoms in total. The van der Waals surface area contributed by atoms with Crippen LogP contribution >= 0.6 is 0 Å². The fourth-order valence-corrected chi connectivity index (χ4v) is 1.39. The summed E-state index contributed by atoms with van der Waals surface area (Å²) in [5, 5.41) is 0. The summed E-state index contributed by atoms with van der Waals surface area (Å²) in [6.07, 6.45) is 13.3. The average molecular weight is 242 g/mol. The molecule has 0 fully saturated rings. The molecular weight excluding hydrogens is 220 g/mol. The van der Waals surface area contributed by atoms with Gasteiger partial charge in [0.2, 0.25) is 0 Å². The molecule has 1 aliphatic rings. The van der Waals surface area contributed by atoms with Crippen LogP contribution in [0.3, 0.4) is 0 Å². The minimum absolute atomic E-state index is 0.881. The van der Waals surface area contributed by atoms with Crippen molar-refractivity contribution in [3.8, 4) is 0 Å². The highest BCUT2D eigenvalue weighted by Crippen LogP contribution is 2.15. The van der Waals surface area contributed by atoms with Crippen molar-refractivity contribution in [2.24, 2.45) is 0 Å². The van der Waals surface area contributed by atoms with Crippen LogP contribution in [0.5, 0.6) is 0 Å². The Morgan fingerprint density at radius 3 is 2.56 bits per heavy atom. The van der Waals surface area contributed by atoms with Crippen LogP contribution in [0.2, 0.25) is 0 Å². The number of ether oxygens (including phenoxy) is 1. The largest absolute Gasteiger partial charge is 0.462 e. The normalized spacial score (nSPS) is 16.9. The maximum atomic E-state index is 5.78. The summed E-state index contributed by atoms with van der Waals surface area (Å²) < 4.78 is 5.78. The van der Waals surface area contributed by atoms with Crippen LogP contribution < -0.4 is 0 Å². The number of rotatable bonds is 4. The molecule has 0 unspecified atom stereocenters. The molecule has 0 aromatic carbocycles. The van der Waals surface area contributed by atoms with E-state index in [1.54, 1.807) is 0 Å². The van der Waals surface area contributed by atoms with Crippen LogP contribution in [-0.2, 0) is 4.74 Å². The van der Waals surface area contributed by atoms with E-state index in [0.29, 0.717) is 0 Å². The molecule has 96 valence electrons. The molecule has 0 radical (unpaired) electrons. The Morgan fingerprint density at radius 1 is 1.17 bits per heavy atom. The van der Waals surface area contributed by atoms with Gasteiger partial charge in [0.05, 0.1) is 0 Å². The smallest absolute Gasteiger partial charge is 0.123 e. The van der Waals surface area contributed by atoms with Crippen molar-refractivity contribution in [2.45, 2.75) is 34.1 Å². The zero-order valence-electron chi connectivity index (χ0n) is 11.8. The molecule has 0 amide bonds. The van der Waals surface area contributed by atoms with E-state index in [0.717, 1.165) is 23.5 Å². The molecule has 18 heavy (non-hydrogen) atoms. The van der Waals surface area contributed by atoms with Gasteiger partial charge in [0.15, 0.2) is 0 Å². The minimum Gasteiger partial charge on any atom is -0.462 e. The molecule has 0 heterocycles. The second kappa shape index (κ2) is 6.85. The summed E-state index contributed by atoms with van der Waals surface area (Å²) in [5.41, 5.74) is 3.51. The monoisotopic (exact) mass is 242 g/mol. The van der Waals surface area contributed by atoms with Crippen molar-refractivity contribution in [3.05, 3.63) is 71.3 Å². The first kappa shape index (κ1) is 14.3. The third-order valence-electron chi connectivity index (χ3n) is 2.79. The number of hydrogen-bond donors (Lipinski definition) is 0. The molecule has 1 aliphatic carbocycles. The van der Waals surface area contributed by atoms with Crippen molar-refractivity contribution in [1.82, 2.24) is 0 Å². The van der Waals surface area contributed by atoms with Crippen molar-refractivity contribution in [1.29, 1.82) is 0 Å². The van der Waals surface area contributed by atoms with Gasteiger partial charge in [0, 0.05) is 0 Å². The molecule has 0 spiro atoms. The summed E-state index contributed by atoms with van der Waals surface area (Å²) >= 11 is 0. The molecular formula is C17H22O. The molecule has 0 aliphatic heterocycles. The van der Waals surface area contributed by atoms with Crippen molar-refractivity contribution < 1.29 is 4.74 Å². The van der Waals surface area contributed by atoms with Crippen LogP contribution in [0.1, 0.15) is 34.1 Å². The summed E-state index contributed by atoms with van der Waals surface area (Å²) in [6.45, 7) is 12.0. The lowest BCUT2D eigenvalue weighted by atomic mass is 10.1. The number of hydrogen-bond acceptors (Lipinski definition) is 1. The van der Waals surface area contributed by atoms with E-state index in [4.69, 9.17) is 4.74 Å². The van der Waals surface area contributed by atoms with Crippen LogP contribution in [0.4, 0.5) is 0 Å². The van der Waals surface area contributed by atoms with E-state index < -0.39 is 0 Å². The van der Waals surface area contributed by atoms with E-state index in [-0.39, 0.29) is 0 Å². The Balaban J connectivity index is 2.66. The summed E-state index contributed by atoms with van der Waals surface area (Å²) in [7, 11) is 0. The maximum absolute atomic E-state index is 5.78. The highest BCUT2D eigenvalue weighted by molar-refractivity contribution is 5.30. The molecule has 1 heteroatoms. The average Bonchev–Trinajstić information content (AvgIpc) is 2.51.